The number of aliphatic hydroxyl groups excluding tert-OH is 1. The molecule has 1 aliphatic rings. The summed E-state index contributed by atoms with van der Waals surface area (Å²) in [4.78, 5) is 16.9. The lowest BCUT2D eigenvalue weighted by Gasteiger charge is -2.18. The van der Waals surface area contributed by atoms with Crippen molar-refractivity contribution in [2.75, 3.05) is 26.7 Å². The average Bonchev–Trinajstić information content (AvgIpc) is 2.79. The maximum Gasteiger partial charge on any atom is 0.324 e. The lowest BCUT2D eigenvalue weighted by atomic mass is 10.3. The quantitative estimate of drug-likeness (QED) is 0.175. The van der Waals surface area contributed by atoms with Gasteiger partial charge in [-0.2, -0.15) is 5.26 Å². The lowest BCUT2D eigenvalue weighted by molar-refractivity contribution is -0.141. The van der Waals surface area contributed by atoms with Crippen LogP contribution < -0.4 is 11.1 Å². The van der Waals surface area contributed by atoms with E-state index < -0.39 is 18.1 Å². The Hall–Kier alpha value is -1.85. The third-order valence-corrected chi connectivity index (χ3v) is 2.57. The Morgan fingerprint density at radius 2 is 2.56 bits per heavy atom. The van der Waals surface area contributed by atoms with Crippen molar-refractivity contribution in [2.24, 2.45) is 10.7 Å². The third-order valence-electron chi connectivity index (χ3n) is 2.57. The van der Waals surface area contributed by atoms with Gasteiger partial charge < -0.3 is 20.5 Å². The number of hydrogen-bond donors (Lipinski definition) is 3. The highest BCUT2D eigenvalue weighted by Gasteiger charge is 2.23. The van der Waals surface area contributed by atoms with Crippen LogP contribution in [0.4, 0.5) is 0 Å². The smallest absolute Gasteiger partial charge is 0.324 e. The molecule has 0 amide bonds. The van der Waals surface area contributed by atoms with E-state index in [1.807, 2.05) is 0 Å². The fourth-order valence-electron chi connectivity index (χ4n) is 1.61. The summed E-state index contributed by atoms with van der Waals surface area (Å²) in [5.41, 5.74) is 5.54. The predicted molar refractivity (Wildman–Crippen MR) is 63.2 cm³/mol. The molecule has 0 aliphatic carbocycles. The number of likely N-dealkylation sites (tertiary alicyclic amines) is 1. The lowest BCUT2D eigenvalue weighted by Crippen LogP contribution is -2.41. The van der Waals surface area contributed by atoms with Gasteiger partial charge in [0.15, 0.2) is 6.19 Å². The molecular weight excluding hydrogens is 238 g/mol. The molecule has 1 aliphatic heterocycles. The topological polar surface area (TPSA) is 124 Å². The van der Waals surface area contributed by atoms with Crippen LogP contribution in [0.1, 0.15) is 6.42 Å². The first-order valence-electron chi connectivity index (χ1n) is 5.54. The van der Waals surface area contributed by atoms with Crippen LogP contribution in [0.25, 0.3) is 0 Å². The molecule has 100 valence electrons. The van der Waals surface area contributed by atoms with E-state index >= 15 is 0 Å². The molecule has 8 heteroatoms. The van der Waals surface area contributed by atoms with Gasteiger partial charge in [-0.3, -0.25) is 15.1 Å². The van der Waals surface area contributed by atoms with E-state index in [1.165, 1.54) is 7.11 Å². The number of nitrogens with zero attached hydrogens (tertiary/aromatic N) is 3. The van der Waals surface area contributed by atoms with E-state index in [0.717, 1.165) is 0 Å². The molecule has 0 radical (unpaired) electrons. The number of methoxy groups -OCH3 is 1. The Labute approximate surface area is 105 Å². The monoisotopic (exact) mass is 255 g/mol. The van der Waals surface area contributed by atoms with Crippen molar-refractivity contribution >= 4 is 11.9 Å². The molecule has 1 rings (SSSR count). The van der Waals surface area contributed by atoms with Crippen LogP contribution in [0.2, 0.25) is 0 Å². The van der Waals surface area contributed by atoms with E-state index in [2.05, 4.69) is 15.0 Å². The van der Waals surface area contributed by atoms with Crippen LogP contribution in [0.15, 0.2) is 4.99 Å². The standard InChI is InChI=1S/C10H17N5O3/c1-18-9(17)8(12)4-13-10(14-6-11)15-3-2-7(16)5-15/h7-8,16H,2-5,12H2,1H3,(H,13,14)/t7-,8+/m1/s1. The van der Waals surface area contributed by atoms with Gasteiger partial charge in [-0.1, -0.05) is 0 Å². The molecule has 2 atom stereocenters. The van der Waals surface area contributed by atoms with Crippen LogP contribution >= 0.6 is 0 Å². The maximum absolute atomic E-state index is 11.1. The van der Waals surface area contributed by atoms with E-state index in [-0.39, 0.29) is 6.54 Å². The molecule has 0 saturated carbocycles. The number of guanidine groups is 1. The van der Waals surface area contributed by atoms with E-state index in [9.17, 15) is 9.90 Å². The molecule has 0 aromatic rings. The van der Waals surface area contributed by atoms with Crippen molar-refractivity contribution in [3.63, 3.8) is 0 Å². The second-order valence-electron chi connectivity index (χ2n) is 3.92. The van der Waals surface area contributed by atoms with E-state index in [4.69, 9.17) is 11.0 Å². The second kappa shape index (κ2) is 6.78. The fourth-order valence-corrected chi connectivity index (χ4v) is 1.61. The number of β-amino-alcohol motifs (C(OH)–C–C–N with tert-alkyl or cyclic N) is 1. The first-order chi connectivity index (χ1) is 8.58. The van der Waals surface area contributed by atoms with Crippen molar-refractivity contribution in [3.05, 3.63) is 0 Å². The number of nitriles is 1. The average molecular weight is 255 g/mol. The zero-order valence-electron chi connectivity index (χ0n) is 10.2. The third kappa shape index (κ3) is 3.87. The van der Waals surface area contributed by atoms with Crippen LogP contribution in [0.3, 0.4) is 0 Å². The minimum absolute atomic E-state index is 0.0171. The number of nitrogens with one attached hydrogen (secondary N) is 1. The number of nitrogens with two attached hydrogens (primary N) is 1. The summed E-state index contributed by atoms with van der Waals surface area (Å²) in [6, 6.07) is -0.863. The number of aliphatic imine (C=N–C) groups is 1. The van der Waals surface area contributed by atoms with Gasteiger partial charge in [-0.05, 0) is 6.42 Å². The second-order valence-corrected chi connectivity index (χ2v) is 3.92. The van der Waals surface area contributed by atoms with Crippen molar-refractivity contribution in [3.8, 4) is 6.19 Å². The zero-order valence-corrected chi connectivity index (χ0v) is 10.2. The van der Waals surface area contributed by atoms with Gasteiger partial charge in [0.1, 0.15) is 6.04 Å². The van der Waals surface area contributed by atoms with Crippen LogP contribution in [0, 0.1) is 11.5 Å². The van der Waals surface area contributed by atoms with Crippen LogP contribution in [-0.4, -0.2) is 60.8 Å². The first-order valence-corrected chi connectivity index (χ1v) is 5.54. The molecule has 1 saturated heterocycles. The van der Waals surface area contributed by atoms with Crippen molar-refractivity contribution in [1.82, 2.24) is 10.2 Å². The first kappa shape index (κ1) is 14.2. The highest BCUT2D eigenvalue weighted by molar-refractivity contribution is 5.82. The summed E-state index contributed by atoms with van der Waals surface area (Å²) < 4.78 is 4.47. The summed E-state index contributed by atoms with van der Waals surface area (Å²) in [5, 5.41) is 20.5. The molecule has 1 fully saturated rings. The van der Waals surface area contributed by atoms with Crippen molar-refractivity contribution in [1.29, 1.82) is 5.26 Å². The predicted octanol–water partition coefficient (Wildman–Crippen LogP) is -2.02. The van der Waals surface area contributed by atoms with E-state index in [0.29, 0.717) is 25.5 Å². The Balaban J connectivity index is 2.61. The minimum Gasteiger partial charge on any atom is -0.468 e. The SMILES string of the molecule is COC(=O)[C@@H](N)CN=C(NC#N)N1CC[C@@H](O)C1. The Morgan fingerprint density at radius 3 is 3.06 bits per heavy atom. The molecule has 0 aromatic heterocycles. The summed E-state index contributed by atoms with van der Waals surface area (Å²) in [5.74, 6) is -0.245. The van der Waals surface area contributed by atoms with Gasteiger partial charge in [0, 0.05) is 13.1 Å². The highest BCUT2D eigenvalue weighted by Crippen LogP contribution is 2.08. The van der Waals surface area contributed by atoms with Gasteiger partial charge in [0.2, 0.25) is 5.96 Å². The number of hydrogen-bond acceptors (Lipinski definition) is 6. The van der Waals surface area contributed by atoms with E-state index in [1.54, 1.807) is 11.1 Å². The van der Waals surface area contributed by atoms with Gasteiger partial charge in [0.05, 0.1) is 19.8 Å². The number of carbonyl (C=O) groups excluding carboxylic acids is 1. The summed E-state index contributed by atoms with van der Waals surface area (Å²) in [6.07, 6.45) is 1.96. The molecule has 0 bridgehead atoms. The van der Waals surface area contributed by atoms with Crippen LogP contribution in [0.5, 0.6) is 0 Å². The van der Waals surface area contributed by atoms with Gasteiger partial charge in [0.25, 0.3) is 0 Å². The zero-order chi connectivity index (χ0) is 13.5. The Kier molecular flexibility index (Phi) is 5.35. The maximum atomic E-state index is 11.1. The largest absolute Gasteiger partial charge is 0.468 e. The molecule has 0 unspecified atom stereocenters. The summed E-state index contributed by atoms with van der Waals surface area (Å²) >= 11 is 0. The fraction of sp³-hybridized carbons (Fsp3) is 0.700. The van der Waals surface area contributed by atoms with Crippen molar-refractivity contribution in [2.45, 2.75) is 18.6 Å². The summed E-state index contributed by atoms with van der Waals surface area (Å²) in [6.45, 7) is 1.02. The van der Waals surface area contributed by atoms with Crippen molar-refractivity contribution < 1.29 is 14.6 Å². The van der Waals surface area contributed by atoms with Gasteiger partial charge in [-0.25, -0.2) is 0 Å². The van der Waals surface area contributed by atoms with Gasteiger partial charge >= 0.3 is 5.97 Å². The summed E-state index contributed by atoms with van der Waals surface area (Å²) in [7, 11) is 1.25. The molecule has 1 heterocycles. The normalized spacial score (nSPS) is 21.3. The van der Waals surface area contributed by atoms with Crippen LogP contribution in [-0.2, 0) is 9.53 Å². The number of ether oxygens (including phenoxy) is 1. The molecular formula is C10H17N5O3. The number of carbonyl (C=O) groups is 1. The number of esters is 1. The minimum atomic E-state index is -0.863. The number of aliphatic hydroxyl groups is 1. The van der Waals surface area contributed by atoms with Gasteiger partial charge in [-0.15, -0.1) is 0 Å². The molecule has 8 nitrogen and oxygen atoms in total. The molecule has 0 spiro atoms. The molecule has 18 heavy (non-hydrogen) atoms. The Morgan fingerprint density at radius 1 is 1.83 bits per heavy atom. The molecule has 0 aromatic carbocycles. The molecule has 4 N–H and O–H groups in total. The number of rotatable bonds is 3. The highest BCUT2D eigenvalue weighted by atomic mass is 16.5. The Bertz CT molecular complexity index is 365.